The minimum atomic E-state index is 0.132. The summed E-state index contributed by atoms with van der Waals surface area (Å²) in [4.78, 5) is 19.4. The zero-order chi connectivity index (χ0) is 12.1. The molecule has 0 spiro atoms. The lowest BCUT2D eigenvalue weighted by atomic mass is 10.2. The molecule has 0 radical (unpaired) electrons. The molecule has 6 heteroatoms. The summed E-state index contributed by atoms with van der Waals surface area (Å²) in [6, 6.07) is 2.03. The van der Waals surface area contributed by atoms with Gasteiger partial charge in [0.05, 0.1) is 0 Å². The number of aromatic nitrogens is 2. The van der Waals surface area contributed by atoms with E-state index < -0.39 is 0 Å². The number of nitrogens with one attached hydrogen (secondary N) is 3. The Hall–Kier alpha value is -1.85. The molecule has 0 bridgehead atoms. The second-order valence-electron chi connectivity index (χ2n) is 3.98. The van der Waals surface area contributed by atoms with E-state index in [-0.39, 0.29) is 11.9 Å². The van der Waals surface area contributed by atoms with Crippen LogP contribution in [0.2, 0.25) is 0 Å². The first-order valence-electron chi connectivity index (χ1n) is 5.88. The lowest BCUT2D eigenvalue weighted by Gasteiger charge is -2.12. The van der Waals surface area contributed by atoms with Gasteiger partial charge in [-0.25, -0.2) is 4.98 Å². The number of carbonyl (C=O) groups is 1. The predicted octanol–water partition coefficient (Wildman–Crippen LogP) is 0.599. The van der Waals surface area contributed by atoms with Crippen LogP contribution in [0.25, 0.3) is 0 Å². The molecule has 1 aromatic rings. The lowest BCUT2D eigenvalue weighted by Crippen LogP contribution is -2.32. The quantitative estimate of drug-likeness (QED) is 0.696. The molecule has 1 aliphatic heterocycles. The van der Waals surface area contributed by atoms with E-state index in [1.807, 2.05) is 13.0 Å². The van der Waals surface area contributed by atoms with Crippen LogP contribution in [0.5, 0.6) is 0 Å². The normalized spacial score (nSPS) is 18.9. The highest BCUT2D eigenvalue weighted by molar-refractivity contribution is 5.78. The zero-order valence-corrected chi connectivity index (χ0v) is 9.86. The molecular weight excluding hydrogens is 218 g/mol. The molecule has 1 aromatic heterocycles. The van der Waals surface area contributed by atoms with Gasteiger partial charge in [-0.2, -0.15) is 4.98 Å². The highest BCUT2D eigenvalue weighted by Crippen LogP contribution is 2.09. The first kappa shape index (κ1) is 11.6. The number of hydrogen-bond donors (Lipinski definition) is 3. The minimum absolute atomic E-state index is 0.132. The third-order valence-electron chi connectivity index (χ3n) is 2.61. The zero-order valence-electron chi connectivity index (χ0n) is 9.86. The summed E-state index contributed by atoms with van der Waals surface area (Å²) in [5, 5.41) is 9.15. The maximum atomic E-state index is 11.0. The number of carbonyl (C=O) groups excluding carboxylic acids is 1. The Morgan fingerprint density at radius 2 is 2.41 bits per heavy atom. The molecule has 92 valence electrons. The fourth-order valence-electron chi connectivity index (χ4n) is 1.76. The third kappa shape index (κ3) is 3.30. The van der Waals surface area contributed by atoms with E-state index in [0.29, 0.717) is 18.9 Å². The molecule has 0 aromatic carbocycles. The smallest absolute Gasteiger partial charge is 0.224 e. The topological polar surface area (TPSA) is 78.9 Å². The van der Waals surface area contributed by atoms with Crippen molar-refractivity contribution in [2.45, 2.75) is 25.8 Å². The molecule has 1 fully saturated rings. The molecule has 6 nitrogen and oxygen atoms in total. The van der Waals surface area contributed by atoms with Crippen molar-refractivity contribution in [2.75, 3.05) is 23.7 Å². The highest BCUT2D eigenvalue weighted by Gasteiger charge is 2.20. The van der Waals surface area contributed by atoms with Crippen molar-refractivity contribution in [1.82, 2.24) is 15.3 Å². The van der Waals surface area contributed by atoms with E-state index in [4.69, 9.17) is 0 Å². The number of anilines is 2. The monoisotopic (exact) mass is 235 g/mol. The molecule has 1 unspecified atom stereocenters. The van der Waals surface area contributed by atoms with Gasteiger partial charge < -0.3 is 16.0 Å². The SMILES string of the molecule is CCNc1nccc(NCC2CCC(=O)N2)n1. The van der Waals surface area contributed by atoms with Gasteiger partial charge in [0.2, 0.25) is 11.9 Å². The van der Waals surface area contributed by atoms with E-state index in [2.05, 4.69) is 25.9 Å². The van der Waals surface area contributed by atoms with Crippen LogP contribution in [0, 0.1) is 0 Å². The van der Waals surface area contributed by atoms with Crippen LogP contribution in [0.3, 0.4) is 0 Å². The molecular formula is C11H17N5O. The summed E-state index contributed by atoms with van der Waals surface area (Å²) >= 11 is 0. The van der Waals surface area contributed by atoms with Crippen molar-refractivity contribution >= 4 is 17.7 Å². The van der Waals surface area contributed by atoms with Crippen LogP contribution >= 0.6 is 0 Å². The number of rotatable bonds is 5. The summed E-state index contributed by atoms with van der Waals surface area (Å²) in [6.07, 6.45) is 3.22. The van der Waals surface area contributed by atoms with Gasteiger partial charge in [0.15, 0.2) is 0 Å². The molecule has 0 saturated carbocycles. The van der Waals surface area contributed by atoms with E-state index in [1.165, 1.54) is 0 Å². The van der Waals surface area contributed by atoms with Crippen LogP contribution in [-0.4, -0.2) is 35.0 Å². The van der Waals surface area contributed by atoms with Crippen LogP contribution in [-0.2, 0) is 4.79 Å². The molecule has 1 saturated heterocycles. The standard InChI is InChI=1S/C11H17N5O/c1-2-12-11-13-6-5-9(16-11)14-7-8-3-4-10(17)15-8/h5-6,8H,2-4,7H2,1H3,(H,15,17)(H2,12,13,14,16). The Morgan fingerprint density at radius 3 is 3.12 bits per heavy atom. The van der Waals surface area contributed by atoms with Crippen molar-refractivity contribution in [3.05, 3.63) is 12.3 Å². The summed E-state index contributed by atoms with van der Waals surface area (Å²) in [7, 11) is 0. The van der Waals surface area contributed by atoms with Gasteiger partial charge in [0.25, 0.3) is 0 Å². The van der Waals surface area contributed by atoms with Gasteiger partial charge in [-0.05, 0) is 19.4 Å². The largest absolute Gasteiger partial charge is 0.368 e. The summed E-state index contributed by atoms with van der Waals surface area (Å²) < 4.78 is 0. The summed E-state index contributed by atoms with van der Waals surface area (Å²) in [5.74, 6) is 1.53. The molecule has 3 N–H and O–H groups in total. The first-order chi connectivity index (χ1) is 8.28. The van der Waals surface area contributed by atoms with Gasteiger partial charge in [-0.15, -0.1) is 0 Å². The van der Waals surface area contributed by atoms with Gasteiger partial charge >= 0.3 is 0 Å². The average molecular weight is 235 g/mol. The van der Waals surface area contributed by atoms with Crippen LogP contribution < -0.4 is 16.0 Å². The Labute approximate surface area is 100 Å². The molecule has 2 heterocycles. The van der Waals surface area contributed by atoms with Crippen molar-refractivity contribution in [3.63, 3.8) is 0 Å². The first-order valence-corrected chi connectivity index (χ1v) is 5.88. The van der Waals surface area contributed by atoms with E-state index in [0.717, 1.165) is 18.8 Å². The van der Waals surface area contributed by atoms with Gasteiger partial charge in [-0.3, -0.25) is 4.79 Å². The Bertz CT molecular complexity index is 395. The fraction of sp³-hybridized carbons (Fsp3) is 0.545. The van der Waals surface area contributed by atoms with Crippen molar-refractivity contribution in [2.24, 2.45) is 0 Å². The molecule has 0 aliphatic carbocycles. The Balaban J connectivity index is 1.85. The van der Waals surface area contributed by atoms with Crippen molar-refractivity contribution in [1.29, 1.82) is 0 Å². The second-order valence-corrected chi connectivity index (χ2v) is 3.98. The van der Waals surface area contributed by atoms with E-state index in [9.17, 15) is 4.79 Å². The van der Waals surface area contributed by atoms with Gasteiger partial charge in [-0.1, -0.05) is 0 Å². The fourth-order valence-corrected chi connectivity index (χ4v) is 1.76. The summed E-state index contributed by atoms with van der Waals surface area (Å²) in [6.45, 7) is 3.49. The number of nitrogens with zero attached hydrogens (tertiary/aromatic N) is 2. The maximum Gasteiger partial charge on any atom is 0.224 e. The van der Waals surface area contributed by atoms with Crippen molar-refractivity contribution in [3.8, 4) is 0 Å². The van der Waals surface area contributed by atoms with Gasteiger partial charge in [0, 0.05) is 31.7 Å². The predicted molar refractivity (Wildman–Crippen MR) is 65.9 cm³/mol. The minimum Gasteiger partial charge on any atom is -0.368 e. The highest BCUT2D eigenvalue weighted by atomic mass is 16.1. The lowest BCUT2D eigenvalue weighted by molar-refractivity contribution is -0.119. The Kier molecular flexibility index (Phi) is 3.74. The average Bonchev–Trinajstić information content (AvgIpc) is 2.74. The van der Waals surface area contributed by atoms with Crippen LogP contribution in [0.15, 0.2) is 12.3 Å². The summed E-state index contributed by atoms with van der Waals surface area (Å²) in [5.41, 5.74) is 0. The maximum absolute atomic E-state index is 11.0. The third-order valence-corrected chi connectivity index (χ3v) is 2.61. The van der Waals surface area contributed by atoms with Crippen molar-refractivity contribution < 1.29 is 4.79 Å². The van der Waals surface area contributed by atoms with Gasteiger partial charge in [0.1, 0.15) is 5.82 Å². The second kappa shape index (κ2) is 5.47. The Morgan fingerprint density at radius 1 is 1.53 bits per heavy atom. The molecule has 2 rings (SSSR count). The molecule has 1 atom stereocenters. The van der Waals surface area contributed by atoms with Crippen LogP contribution in [0.1, 0.15) is 19.8 Å². The number of hydrogen-bond acceptors (Lipinski definition) is 5. The van der Waals surface area contributed by atoms with E-state index in [1.54, 1.807) is 6.20 Å². The van der Waals surface area contributed by atoms with Crippen LogP contribution in [0.4, 0.5) is 11.8 Å². The molecule has 17 heavy (non-hydrogen) atoms. The molecule has 1 amide bonds. The van der Waals surface area contributed by atoms with E-state index >= 15 is 0 Å². The molecule has 1 aliphatic rings. The number of amides is 1.